The van der Waals surface area contributed by atoms with Gasteiger partial charge in [0.15, 0.2) is 50.9 Å². The maximum absolute atomic E-state index is 16.1. The van der Waals surface area contributed by atoms with Crippen LogP contribution in [-0.2, 0) is 38.6 Å². The topological polar surface area (TPSA) is 81.7 Å². The molecule has 1 heterocycles. The molecule has 1 fully saturated rings. The molecule has 306 valence electrons. The van der Waals surface area contributed by atoms with Crippen LogP contribution < -0.4 is 4.74 Å². The number of carbonyl (C=O) groups excluding carboxylic acids is 1. The van der Waals surface area contributed by atoms with Crippen LogP contribution in [-0.4, -0.2) is 76.6 Å². The zero-order chi connectivity index (χ0) is 41.4. The maximum Gasteiger partial charge on any atom is 0.338 e. The van der Waals surface area contributed by atoms with Gasteiger partial charge in [-0.1, -0.05) is 102 Å². The lowest BCUT2D eigenvalue weighted by Gasteiger charge is -2.53. The molecule has 53 heavy (non-hydrogen) atoms. The van der Waals surface area contributed by atoms with Gasteiger partial charge in [0.05, 0.1) is 6.61 Å². The van der Waals surface area contributed by atoms with E-state index in [1.807, 2.05) is 0 Å². The van der Waals surface area contributed by atoms with E-state index in [9.17, 15) is 4.79 Å². The lowest BCUT2D eigenvalue weighted by molar-refractivity contribution is -0.263. The van der Waals surface area contributed by atoms with E-state index in [1.165, 1.54) is 12.1 Å². The maximum atomic E-state index is 16.1. The van der Waals surface area contributed by atoms with Gasteiger partial charge in [-0.2, -0.15) is 0 Å². The molecule has 0 amide bonds. The van der Waals surface area contributed by atoms with Crippen molar-refractivity contribution in [2.75, 3.05) is 6.61 Å². The number of esters is 1. The molecule has 0 unspecified atom stereocenters. The van der Waals surface area contributed by atoms with Crippen LogP contribution in [0, 0.1) is 5.82 Å². The summed E-state index contributed by atoms with van der Waals surface area (Å²) in [7, 11) is -9.79. The highest BCUT2D eigenvalue weighted by Gasteiger charge is 2.59. The third kappa shape index (κ3) is 11.9. The Morgan fingerprint density at radius 2 is 1.15 bits per heavy atom. The Kier molecular flexibility index (Phi) is 15.2. The number of rotatable bonds is 14. The van der Waals surface area contributed by atoms with E-state index in [1.54, 1.807) is 12.1 Å². The highest BCUT2D eigenvalue weighted by molar-refractivity contribution is 6.75. The van der Waals surface area contributed by atoms with Crippen LogP contribution in [0.5, 0.6) is 5.75 Å². The fraction of sp³-hybridized carbons (Fsp3) is 0.775. The summed E-state index contributed by atoms with van der Waals surface area (Å²) in [5.41, 5.74) is 0.700. The van der Waals surface area contributed by atoms with Crippen LogP contribution in [0.3, 0.4) is 0 Å². The number of carbonyl (C=O) groups is 1. The van der Waals surface area contributed by atoms with Crippen LogP contribution >= 0.6 is 0 Å². The summed E-state index contributed by atoms with van der Waals surface area (Å²) >= 11 is 0. The number of ether oxygens (including phenoxy) is 3. The van der Waals surface area contributed by atoms with Gasteiger partial charge in [0.25, 0.3) is 0 Å². The molecule has 1 aliphatic rings. The summed E-state index contributed by atoms with van der Waals surface area (Å²) in [6.45, 7) is 47.2. The minimum atomic E-state index is -2.58. The van der Waals surface area contributed by atoms with Gasteiger partial charge in [-0.25, -0.2) is 9.18 Å². The molecule has 1 saturated heterocycles. The zero-order valence-corrected chi connectivity index (χ0v) is 41.0. The fourth-order valence-corrected chi connectivity index (χ4v) is 9.43. The van der Waals surface area contributed by atoms with Gasteiger partial charge in [0, 0.05) is 0 Å². The number of halogens is 1. The van der Waals surface area contributed by atoms with Crippen molar-refractivity contribution in [1.29, 1.82) is 0 Å². The molecule has 0 bridgehead atoms. The van der Waals surface area contributed by atoms with Crippen molar-refractivity contribution in [2.45, 2.75) is 193 Å². The van der Waals surface area contributed by atoms with E-state index in [2.05, 4.69) is 142 Å². The van der Waals surface area contributed by atoms with Gasteiger partial charge < -0.3 is 31.9 Å². The third-order valence-corrected chi connectivity index (χ3v) is 30.3. The molecule has 1 aliphatic heterocycles. The predicted octanol–water partition coefficient (Wildman–Crippen LogP) is 11.4. The van der Waals surface area contributed by atoms with Crippen molar-refractivity contribution in [3.63, 3.8) is 0 Å². The Labute approximate surface area is 326 Å². The van der Waals surface area contributed by atoms with Crippen molar-refractivity contribution in [2.24, 2.45) is 0 Å². The molecule has 0 aromatic heterocycles. The van der Waals surface area contributed by atoms with Crippen molar-refractivity contribution in [3.05, 3.63) is 42.2 Å². The molecule has 0 aliphatic carbocycles. The third-order valence-electron chi connectivity index (χ3n) is 12.4. The second-order valence-electron chi connectivity index (χ2n) is 20.8. The Balaban J connectivity index is 2.83. The molecular formula is C40H75FO8Si4. The largest absolute Gasteiger partial charge is 0.459 e. The van der Waals surface area contributed by atoms with Gasteiger partial charge in [-0.15, -0.1) is 0 Å². The lowest BCUT2D eigenvalue weighted by atomic mass is 9.99. The van der Waals surface area contributed by atoms with Gasteiger partial charge in [0.1, 0.15) is 24.9 Å². The molecular weight excluding hydrogens is 740 g/mol. The molecule has 0 radical (unpaired) electrons. The molecule has 0 spiro atoms. The second kappa shape index (κ2) is 16.7. The SMILES string of the molecule is C=CCOC(=O)[C@H]1O[C@@H](Oc2ccc(CO[Si](C)(C)C(C)(C)C)cc2F)[C@H](O[Si](C)(C)C(C)(C)C)[C@@H](O[Si](C)(C)C(C)(C)C)[C@H]1O[Si](C)(C)C(C)(C)C. The van der Waals surface area contributed by atoms with Crippen LogP contribution in [0.4, 0.5) is 4.39 Å². The number of hydrogen-bond donors (Lipinski definition) is 0. The Hall–Kier alpha value is -1.17. The summed E-state index contributed by atoms with van der Waals surface area (Å²) in [5, 5.41) is -0.583. The van der Waals surface area contributed by atoms with E-state index < -0.39 is 75.8 Å². The Morgan fingerprint density at radius 3 is 1.57 bits per heavy atom. The summed E-state index contributed by atoms with van der Waals surface area (Å²) in [6, 6.07) is 4.85. The molecule has 0 saturated carbocycles. The quantitative estimate of drug-likeness (QED) is 0.104. The Bertz CT molecular complexity index is 1400. The van der Waals surface area contributed by atoms with Gasteiger partial charge in [0.2, 0.25) is 6.29 Å². The molecule has 1 aromatic carbocycles. The Morgan fingerprint density at radius 1 is 0.717 bits per heavy atom. The van der Waals surface area contributed by atoms with E-state index in [0.717, 1.165) is 0 Å². The summed E-state index contributed by atoms with van der Waals surface area (Å²) in [4.78, 5) is 14.0. The van der Waals surface area contributed by atoms with Gasteiger partial charge >= 0.3 is 5.97 Å². The van der Waals surface area contributed by atoms with Crippen molar-refractivity contribution >= 4 is 39.2 Å². The van der Waals surface area contributed by atoms with Crippen molar-refractivity contribution < 1.29 is 41.1 Å². The number of hydrogen-bond acceptors (Lipinski definition) is 8. The van der Waals surface area contributed by atoms with Gasteiger partial charge in [-0.3, -0.25) is 0 Å². The normalized spacial score (nSPS) is 22.8. The minimum Gasteiger partial charge on any atom is -0.459 e. The monoisotopic (exact) mass is 814 g/mol. The second-order valence-corrected chi connectivity index (χ2v) is 39.9. The van der Waals surface area contributed by atoms with Crippen LogP contribution in [0.15, 0.2) is 30.9 Å². The fourth-order valence-electron chi connectivity index (χ4n) is 4.59. The highest BCUT2D eigenvalue weighted by Crippen LogP contribution is 2.46. The van der Waals surface area contributed by atoms with E-state index in [-0.39, 0.29) is 39.1 Å². The van der Waals surface area contributed by atoms with Crippen molar-refractivity contribution in [3.8, 4) is 5.75 Å². The first-order valence-electron chi connectivity index (χ1n) is 19.1. The lowest BCUT2D eigenvalue weighted by Crippen LogP contribution is -2.69. The molecule has 0 N–H and O–H groups in total. The van der Waals surface area contributed by atoms with Crippen molar-refractivity contribution in [1.82, 2.24) is 0 Å². The summed E-state index contributed by atoms with van der Waals surface area (Å²) < 4.78 is 63.0. The zero-order valence-electron chi connectivity index (χ0n) is 37.0. The van der Waals surface area contributed by atoms with Gasteiger partial charge in [-0.05, 0) is 90.2 Å². The predicted molar refractivity (Wildman–Crippen MR) is 225 cm³/mol. The first kappa shape index (κ1) is 48.0. The van der Waals surface area contributed by atoms with Crippen LogP contribution in [0.25, 0.3) is 0 Å². The summed E-state index contributed by atoms with van der Waals surface area (Å²) in [5.74, 6) is -1.22. The first-order valence-corrected chi connectivity index (χ1v) is 30.8. The minimum absolute atomic E-state index is 0.0122. The molecule has 2 rings (SSSR count). The van der Waals surface area contributed by atoms with E-state index >= 15 is 4.39 Å². The molecule has 8 nitrogen and oxygen atoms in total. The van der Waals surface area contributed by atoms with E-state index in [0.29, 0.717) is 5.56 Å². The van der Waals surface area contributed by atoms with Crippen LogP contribution in [0.2, 0.25) is 72.5 Å². The standard InChI is InChI=1S/C40H75FO8Si4/c1-22-25-43-35(42)33-31(47-51(16,17)38(5,6)7)32(48-52(18,19)39(8,9)10)34(49-53(20,21)40(11,12)13)36(46-33)45-30-24-23-28(26-29(30)41)27-44-50(14,15)37(2,3)4/h22-24,26,31-34,36H,1,25,27H2,2-21H3/t31-,32+,33+,34-,36-/m1/s1. The average Bonchev–Trinajstić information content (AvgIpc) is 2.96. The van der Waals surface area contributed by atoms with Crippen LogP contribution in [0.1, 0.15) is 88.6 Å². The summed E-state index contributed by atoms with van der Waals surface area (Å²) in [6.07, 6.45) is -3.54. The number of benzene rings is 1. The average molecular weight is 815 g/mol. The molecule has 5 atom stereocenters. The molecule has 1 aromatic rings. The highest BCUT2D eigenvalue weighted by atomic mass is 28.4. The smallest absolute Gasteiger partial charge is 0.338 e. The van der Waals surface area contributed by atoms with E-state index in [4.69, 9.17) is 31.9 Å². The first-order chi connectivity index (χ1) is 23.6. The molecule has 13 heteroatoms.